The molecule has 1 aliphatic carbocycles. The maximum atomic E-state index is 11.7. The van der Waals surface area contributed by atoms with Crippen LogP contribution >= 0.6 is 0 Å². The molecule has 1 aliphatic rings. The third kappa shape index (κ3) is 3.76. The molecule has 1 fully saturated rings. The molecule has 0 aromatic rings. The van der Waals surface area contributed by atoms with Crippen LogP contribution < -0.4 is 0 Å². The van der Waals surface area contributed by atoms with Crippen molar-refractivity contribution in [2.24, 2.45) is 17.8 Å². The molecule has 3 heteroatoms. The highest BCUT2D eigenvalue weighted by Gasteiger charge is 2.33. The topological polar surface area (TPSA) is 35.5 Å². The van der Waals surface area contributed by atoms with Crippen molar-refractivity contribution in [1.29, 1.82) is 0 Å². The zero-order chi connectivity index (χ0) is 13.0. The number of hydrogen-bond acceptors (Lipinski definition) is 3. The third-order valence-electron chi connectivity index (χ3n) is 3.69. The predicted octanol–water partition coefficient (Wildman–Crippen LogP) is 3.15. The molecule has 98 valence electrons. The Morgan fingerprint density at radius 1 is 1.35 bits per heavy atom. The molecule has 0 N–H and O–H groups in total. The average Bonchev–Trinajstić information content (AvgIpc) is 2.27. The second-order valence-corrected chi connectivity index (χ2v) is 5.40. The zero-order valence-corrected chi connectivity index (χ0v) is 11.4. The third-order valence-corrected chi connectivity index (χ3v) is 3.69. The zero-order valence-electron chi connectivity index (χ0n) is 11.4. The molecule has 1 rings (SSSR count). The van der Waals surface area contributed by atoms with Crippen LogP contribution in [0.4, 0.5) is 0 Å². The molecule has 3 atom stereocenters. The van der Waals surface area contributed by atoms with E-state index in [0.29, 0.717) is 17.8 Å². The minimum absolute atomic E-state index is 0.0122. The number of esters is 1. The number of rotatable bonds is 4. The van der Waals surface area contributed by atoms with Gasteiger partial charge in [0.1, 0.15) is 6.10 Å². The quantitative estimate of drug-likeness (QED) is 0.430. The highest BCUT2D eigenvalue weighted by molar-refractivity contribution is 5.85. The number of methoxy groups -OCH3 is 1. The standard InChI is InChI=1S/C14H24O3/c1-9(2)12-7-6-10(3)8-13(12)17-14(15)11(4)16-5/h9-10,12-13H,4,6-8H2,1-3,5H3/t10-,12+,13-/m0/s1. The van der Waals surface area contributed by atoms with E-state index in [-0.39, 0.29) is 11.9 Å². The summed E-state index contributed by atoms with van der Waals surface area (Å²) < 4.78 is 10.3. The highest BCUT2D eigenvalue weighted by atomic mass is 16.6. The van der Waals surface area contributed by atoms with Gasteiger partial charge in [0, 0.05) is 0 Å². The summed E-state index contributed by atoms with van der Waals surface area (Å²) in [5.41, 5.74) is 0. The van der Waals surface area contributed by atoms with Crippen LogP contribution in [0.3, 0.4) is 0 Å². The van der Waals surface area contributed by atoms with Crippen LogP contribution in [0.1, 0.15) is 40.0 Å². The molecule has 0 radical (unpaired) electrons. The summed E-state index contributed by atoms with van der Waals surface area (Å²) in [5, 5.41) is 0. The molecular formula is C14H24O3. The Hall–Kier alpha value is -0.990. The molecule has 0 bridgehead atoms. The SMILES string of the molecule is C=C(OC)C(=O)O[C@H]1C[C@@H](C)CC[C@@H]1C(C)C. The Morgan fingerprint density at radius 3 is 2.53 bits per heavy atom. The predicted molar refractivity (Wildman–Crippen MR) is 67.4 cm³/mol. The molecule has 0 saturated heterocycles. The number of ether oxygens (including phenoxy) is 2. The fourth-order valence-corrected chi connectivity index (χ4v) is 2.54. The van der Waals surface area contributed by atoms with Crippen LogP contribution in [0.5, 0.6) is 0 Å². The van der Waals surface area contributed by atoms with Crippen molar-refractivity contribution < 1.29 is 14.3 Å². The van der Waals surface area contributed by atoms with E-state index < -0.39 is 5.97 Å². The van der Waals surface area contributed by atoms with Crippen LogP contribution in [0.15, 0.2) is 12.3 Å². The summed E-state index contributed by atoms with van der Waals surface area (Å²) in [4.78, 5) is 11.7. The fraction of sp³-hybridized carbons (Fsp3) is 0.786. The minimum atomic E-state index is -0.419. The van der Waals surface area contributed by atoms with Gasteiger partial charge >= 0.3 is 5.97 Å². The first kappa shape index (κ1) is 14.1. The monoisotopic (exact) mass is 240 g/mol. The van der Waals surface area contributed by atoms with Gasteiger partial charge in [-0.25, -0.2) is 4.79 Å². The number of hydrogen-bond donors (Lipinski definition) is 0. The van der Waals surface area contributed by atoms with Crippen molar-refractivity contribution in [3.05, 3.63) is 12.3 Å². The molecular weight excluding hydrogens is 216 g/mol. The van der Waals surface area contributed by atoms with Gasteiger partial charge in [0.25, 0.3) is 0 Å². The van der Waals surface area contributed by atoms with Gasteiger partial charge in [0.05, 0.1) is 7.11 Å². The average molecular weight is 240 g/mol. The molecule has 0 heterocycles. The second kappa shape index (κ2) is 6.08. The van der Waals surface area contributed by atoms with E-state index in [1.165, 1.54) is 13.5 Å². The molecule has 0 aromatic carbocycles. The van der Waals surface area contributed by atoms with E-state index >= 15 is 0 Å². The van der Waals surface area contributed by atoms with Crippen molar-refractivity contribution in [3.8, 4) is 0 Å². The van der Waals surface area contributed by atoms with Gasteiger partial charge in [0.15, 0.2) is 5.76 Å². The molecule has 0 aromatic heterocycles. The highest BCUT2D eigenvalue weighted by Crippen LogP contribution is 2.35. The van der Waals surface area contributed by atoms with Crippen LogP contribution in [-0.4, -0.2) is 19.2 Å². The number of carbonyl (C=O) groups is 1. The van der Waals surface area contributed by atoms with E-state index in [1.807, 2.05) is 0 Å². The Labute approximate surface area is 104 Å². The molecule has 3 nitrogen and oxygen atoms in total. The van der Waals surface area contributed by atoms with E-state index in [9.17, 15) is 4.79 Å². The minimum Gasteiger partial charge on any atom is -0.490 e. The smallest absolute Gasteiger partial charge is 0.373 e. The van der Waals surface area contributed by atoms with Crippen molar-refractivity contribution >= 4 is 5.97 Å². The second-order valence-electron chi connectivity index (χ2n) is 5.40. The first-order valence-corrected chi connectivity index (χ1v) is 6.39. The van der Waals surface area contributed by atoms with E-state index in [0.717, 1.165) is 12.8 Å². The molecule has 0 spiro atoms. The van der Waals surface area contributed by atoms with E-state index in [2.05, 4.69) is 27.4 Å². The van der Waals surface area contributed by atoms with Crippen molar-refractivity contribution in [2.75, 3.05) is 7.11 Å². The van der Waals surface area contributed by atoms with Gasteiger partial charge in [-0.3, -0.25) is 0 Å². The lowest BCUT2D eigenvalue weighted by molar-refractivity contribution is -0.154. The lowest BCUT2D eigenvalue weighted by Crippen LogP contribution is -2.36. The Kier molecular flexibility index (Phi) is 5.03. The number of carbonyl (C=O) groups excluding carboxylic acids is 1. The van der Waals surface area contributed by atoms with Crippen LogP contribution in [0, 0.1) is 17.8 Å². The van der Waals surface area contributed by atoms with Gasteiger partial charge in [-0.05, 0) is 37.2 Å². The van der Waals surface area contributed by atoms with Crippen LogP contribution in [0.2, 0.25) is 0 Å². The van der Waals surface area contributed by atoms with Crippen molar-refractivity contribution in [3.63, 3.8) is 0 Å². The first-order valence-electron chi connectivity index (χ1n) is 6.39. The normalized spacial score (nSPS) is 28.9. The molecule has 17 heavy (non-hydrogen) atoms. The molecule has 0 aliphatic heterocycles. The Morgan fingerprint density at radius 2 is 2.00 bits per heavy atom. The lowest BCUT2D eigenvalue weighted by atomic mass is 9.75. The Balaban J connectivity index is 2.63. The van der Waals surface area contributed by atoms with Crippen LogP contribution in [-0.2, 0) is 14.3 Å². The largest absolute Gasteiger partial charge is 0.490 e. The van der Waals surface area contributed by atoms with Gasteiger partial charge in [-0.2, -0.15) is 0 Å². The summed E-state index contributed by atoms with van der Waals surface area (Å²) in [7, 11) is 1.44. The van der Waals surface area contributed by atoms with Crippen molar-refractivity contribution in [1.82, 2.24) is 0 Å². The first-order chi connectivity index (χ1) is 7.95. The lowest BCUT2D eigenvalue weighted by Gasteiger charge is -2.36. The van der Waals surface area contributed by atoms with E-state index in [4.69, 9.17) is 9.47 Å². The maximum absolute atomic E-state index is 11.7. The van der Waals surface area contributed by atoms with E-state index in [1.54, 1.807) is 0 Å². The summed E-state index contributed by atoms with van der Waals surface area (Å²) >= 11 is 0. The molecule has 0 unspecified atom stereocenters. The Bertz CT molecular complexity index is 283. The van der Waals surface area contributed by atoms with Gasteiger partial charge < -0.3 is 9.47 Å². The van der Waals surface area contributed by atoms with Crippen LogP contribution in [0.25, 0.3) is 0 Å². The van der Waals surface area contributed by atoms with Gasteiger partial charge in [0.2, 0.25) is 0 Å². The summed E-state index contributed by atoms with van der Waals surface area (Å²) in [6, 6.07) is 0. The molecule has 0 amide bonds. The van der Waals surface area contributed by atoms with Gasteiger partial charge in [-0.1, -0.05) is 27.2 Å². The van der Waals surface area contributed by atoms with Gasteiger partial charge in [-0.15, -0.1) is 0 Å². The summed E-state index contributed by atoms with van der Waals surface area (Å²) in [6.07, 6.45) is 3.32. The maximum Gasteiger partial charge on any atom is 0.373 e. The summed E-state index contributed by atoms with van der Waals surface area (Å²) in [6.45, 7) is 10.1. The molecule has 1 saturated carbocycles. The fourth-order valence-electron chi connectivity index (χ4n) is 2.54. The van der Waals surface area contributed by atoms with Crippen molar-refractivity contribution in [2.45, 2.75) is 46.1 Å². The summed E-state index contributed by atoms with van der Waals surface area (Å²) in [5.74, 6) is 1.29.